The van der Waals surface area contributed by atoms with Crippen LogP contribution in [0.4, 0.5) is 5.69 Å². The Balaban J connectivity index is 1.68. The SMILES string of the molecule is CCS(=O)(=O)C1=NSC2=NC(=O)/C(=C\c3ccc(-c4cccc([N+](=O)[O-])c4)o3)C(=N)N21. The van der Waals surface area contributed by atoms with Crippen LogP contribution in [0.15, 0.2) is 55.8 Å². The number of rotatable bonds is 4. The van der Waals surface area contributed by atoms with Crippen LogP contribution in [0, 0.1) is 15.5 Å². The Bertz CT molecular complexity index is 1340. The van der Waals surface area contributed by atoms with Gasteiger partial charge in [0.1, 0.15) is 17.4 Å². The molecule has 31 heavy (non-hydrogen) atoms. The van der Waals surface area contributed by atoms with Gasteiger partial charge in [0, 0.05) is 17.7 Å². The highest BCUT2D eigenvalue weighted by atomic mass is 32.2. The van der Waals surface area contributed by atoms with Crippen LogP contribution >= 0.6 is 11.9 Å². The molecule has 2 aliphatic heterocycles. The first kappa shape index (κ1) is 20.7. The van der Waals surface area contributed by atoms with Crippen LogP contribution in [0.2, 0.25) is 0 Å². The lowest BCUT2D eigenvalue weighted by Gasteiger charge is -2.24. The number of amidine groups is 3. The standard InChI is InChI=1S/C18H13N5O6S2/c1-2-31(27,28)18-21-30-17-20-16(24)13(15(19)22(17)18)9-12-6-7-14(29-12)10-4-3-5-11(8-10)23(25)26/h3-9,19H,2H2,1H3/b13-9-,19-15?. The second-order valence-electron chi connectivity index (χ2n) is 6.32. The fourth-order valence-corrected chi connectivity index (χ4v) is 4.79. The first-order valence-electron chi connectivity index (χ1n) is 8.77. The third-order valence-corrected chi connectivity index (χ3v) is 6.81. The summed E-state index contributed by atoms with van der Waals surface area (Å²) in [6.07, 6.45) is 1.27. The van der Waals surface area contributed by atoms with Crippen molar-refractivity contribution in [3.63, 3.8) is 0 Å². The van der Waals surface area contributed by atoms with Crippen molar-refractivity contribution in [1.82, 2.24) is 4.90 Å². The van der Waals surface area contributed by atoms with Crippen LogP contribution in [-0.2, 0) is 14.6 Å². The molecule has 4 rings (SSSR count). The molecule has 0 spiro atoms. The summed E-state index contributed by atoms with van der Waals surface area (Å²) >= 11 is 0.715. The van der Waals surface area contributed by atoms with Gasteiger partial charge >= 0.3 is 0 Å². The highest BCUT2D eigenvalue weighted by molar-refractivity contribution is 8.16. The molecule has 0 radical (unpaired) electrons. The van der Waals surface area contributed by atoms with Gasteiger partial charge in [-0.3, -0.25) is 20.3 Å². The first-order valence-corrected chi connectivity index (χ1v) is 11.2. The molecule has 2 aliphatic rings. The van der Waals surface area contributed by atoms with Crippen molar-refractivity contribution in [2.45, 2.75) is 6.92 Å². The zero-order valence-corrected chi connectivity index (χ0v) is 17.4. The number of hydrogen-bond donors (Lipinski definition) is 1. The van der Waals surface area contributed by atoms with Crippen molar-refractivity contribution in [3.8, 4) is 11.3 Å². The Kier molecular flexibility index (Phi) is 5.07. The van der Waals surface area contributed by atoms with Crippen LogP contribution in [-0.4, -0.2) is 46.1 Å². The molecule has 11 nitrogen and oxygen atoms in total. The first-order chi connectivity index (χ1) is 14.7. The van der Waals surface area contributed by atoms with E-state index >= 15 is 0 Å². The summed E-state index contributed by atoms with van der Waals surface area (Å²) in [6, 6.07) is 8.94. The van der Waals surface area contributed by atoms with Gasteiger partial charge in [-0.15, -0.1) is 0 Å². The molecule has 0 unspecified atom stereocenters. The molecule has 0 atom stereocenters. The van der Waals surface area contributed by atoms with Gasteiger partial charge in [-0.05, 0) is 18.2 Å². The molecule has 13 heteroatoms. The quantitative estimate of drug-likeness (QED) is 0.316. The Morgan fingerprint density at radius 1 is 1.32 bits per heavy atom. The van der Waals surface area contributed by atoms with Crippen LogP contribution < -0.4 is 0 Å². The lowest BCUT2D eigenvalue weighted by Crippen LogP contribution is -2.45. The van der Waals surface area contributed by atoms with E-state index in [1.165, 1.54) is 37.3 Å². The van der Waals surface area contributed by atoms with Crippen molar-refractivity contribution in [1.29, 1.82) is 5.41 Å². The second-order valence-corrected chi connectivity index (χ2v) is 9.22. The van der Waals surface area contributed by atoms with Crippen LogP contribution in [0.3, 0.4) is 0 Å². The normalized spacial score (nSPS) is 17.6. The summed E-state index contributed by atoms with van der Waals surface area (Å²) in [5.74, 6) is -0.827. The highest BCUT2D eigenvalue weighted by Gasteiger charge is 2.42. The summed E-state index contributed by atoms with van der Waals surface area (Å²) in [5, 5.41) is 19.0. The van der Waals surface area contributed by atoms with Crippen molar-refractivity contribution in [2.24, 2.45) is 9.39 Å². The highest BCUT2D eigenvalue weighted by Crippen LogP contribution is 2.31. The van der Waals surface area contributed by atoms with Gasteiger partial charge in [-0.2, -0.15) is 9.39 Å². The van der Waals surface area contributed by atoms with Crippen molar-refractivity contribution < 1.29 is 22.6 Å². The van der Waals surface area contributed by atoms with Gasteiger partial charge in [0.15, 0.2) is 0 Å². The number of nitro groups is 1. The smallest absolute Gasteiger partial charge is 0.283 e. The van der Waals surface area contributed by atoms with Gasteiger partial charge in [-0.25, -0.2) is 13.3 Å². The molecular weight excluding hydrogens is 446 g/mol. The summed E-state index contributed by atoms with van der Waals surface area (Å²) in [7, 11) is -3.74. The molecule has 1 aromatic heterocycles. The molecule has 3 heterocycles. The predicted molar refractivity (Wildman–Crippen MR) is 115 cm³/mol. The third kappa shape index (κ3) is 3.68. The molecule has 0 aliphatic carbocycles. The third-order valence-electron chi connectivity index (χ3n) is 4.41. The van der Waals surface area contributed by atoms with Gasteiger partial charge in [0.25, 0.3) is 11.6 Å². The number of amides is 1. The average molecular weight is 459 g/mol. The van der Waals surface area contributed by atoms with E-state index in [0.29, 0.717) is 23.3 Å². The topological polar surface area (TPSA) is 159 Å². The number of nitrogens with one attached hydrogen (secondary N) is 1. The van der Waals surface area contributed by atoms with Gasteiger partial charge in [0.2, 0.25) is 20.2 Å². The summed E-state index contributed by atoms with van der Waals surface area (Å²) < 4.78 is 34.1. The largest absolute Gasteiger partial charge is 0.457 e. The predicted octanol–water partition coefficient (Wildman–Crippen LogP) is 2.87. The maximum absolute atomic E-state index is 12.4. The number of carbonyl (C=O) groups is 1. The minimum absolute atomic E-state index is 0.00379. The molecule has 0 saturated heterocycles. The molecular formula is C18H13N5O6S2. The molecule has 1 N–H and O–H groups in total. The maximum atomic E-state index is 12.4. The number of nitrogens with zero attached hydrogens (tertiary/aromatic N) is 4. The maximum Gasteiger partial charge on any atom is 0.283 e. The van der Waals surface area contributed by atoms with Gasteiger partial charge < -0.3 is 4.42 Å². The number of hydrogen-bond acceptors (Lipinski definition) is 9. The number of carbonyl (C=O) groups excluding carboxylic acids is 1. The molecule has 0 fully saturated rings. The van der Waals surface area contributed by atoms with E-state index in [4.69, 9.17) is 9.83 Å². The Hall–Kier alpha value is -3.58. The zero-order chi connectivity index (χ0) is 22.3. The summed E-state index contributed by atoms with van der Waals surface area (Å²) in [4.78, 5) is 27.7. The monoisotopic (exact) mass is 459 g/mol. The fourth-order valence-electron chi connectivity index (χ4n) is 2.83. The van der Waals surface area contributed by atoms with Crippen molar-refractivity contribution in [2.75, 3.05) is 5.75 Å². The number of furan rings is 1. The van der Waals surface area contributed by atoms with Crippen LogP contribution in [0.25, 0.3) is 17.4 Å². The molecule has 2 aromatic rings. The Labute approximate surface area is 179 Å². The average Bonchev–Trinajstić information content (AvgIpc) is 3.38. The number of benzene rings is 1. The van der Waals surface area contributed by atoms with E-state index in [1.54, 1.807) is 12.1 Å². The van der Waals surface area contributed by atoms with E-state index in [9.17, 15) is 23.3 Å². The van der Waals surface area contributed by atoms with E-state index < -0.39 is 20.7 Å². The Morgan fingerprint density at radius 3 is 2.81 bits per heavy atom. The minimum atomic E-state index is -3.74. The van der Waals surface area contributed by atoms with Crippen LogP contribution in [0.1, 0.15) is 12.7 Å². The lowest BCUT2D eigenvalue weighted by atomic mass is 10.1. The van der Waals surface area contributed by atoms with Gasteiger partial charge in [0.05, 0.1) is 28.2 Å². The fraction of sp³-hybridized carbons (Fsp3) is 0.111. The summed E-state index contributed by atoms with van der Waals surface area (Å²) in [6.45, 7) is 1.45. The van der Waals surface area contributed by atoms with Gasteiger partial charge in [-0.1, -0.05) is 19.1 Å². The Morgan fingerprint density at radius 2 is 2.10 bits per heavy atom. The van der Waals surface area contributed by atoms with E-state index in [0.717, 1.165) is 4.90 Å². The zero-order valence-electron chi connectivity index (χ0n) is 15.8. The number of sulfone groups is 1. The molecule has 1 aromatic carbocycles. The van der Waals surface area contributed by atoms with Crippen LogP contribution in [0.5, 0.6) is 0 Å². The molecule has 0 saturated carbocycles. The molecule has 0 bridgehead atoms. The minimum Gasteiger partial charge on any atom is -0.457 e. The number of nitro benzene ring substituents is 1. The molecule has 1 amide bonds. The molecule has 158 valence electrons. The number of non-ortho nitro benzene ring substituents is 1. The number of fused-ring (bicyclic) bond motifs is 1. The van der Waals surface area contributed by atoms with E-state index in [-0.39, 0.29) is 38.9 Å². The number of aliphatic imine (C=N–C) groups is 1. The second kappa shape index (κ2) is 7.59. The lowest BCUT2D eigenvalue weighted by molar-refractivity contribution is -0.384. The van der Waals surface area contributed by atoms with E-state index in [1.807, 2.05) is 0 Å². The van der Waals surface area contributed by atoms with Crippen molar-refractivity contribution in [3.05, 3.63) is 57.8 Å². The summed E-state index contributed by atoms with van der Waals surface area (Å²) in [5.41, 5.74) is 0.184. The van der Waals surface area contributed by atoms with E-state index in [2.05, 4.69) is 9.39 Å². The van der Waals surface area contributed by atoms with Crippen molar-refractivity contribution >= 4 is 55.6 Å².